The Morgan fingerprint density at radius 1 is 0.567 bits per heavy atom. The number of quaternary nitrogens is 1. The van der Waals surface area contributed by atoms with Crippen molar-refractivity contribution in [3.8, 4) is 0 Å². The average Bonchev–Trinajstić information content (AvgIpc) is 3.20. The van der Waals surface area contributed by atoms with Crippen LogP contribution >= 0.6 is 7.82 Å². The fourth-order valence-electron chi connectivity index (χ4n) is 7.28. The molecule has 3 atom stereocenters. The first-order valence-corrected chi connectivity index (χ1v) is 26.8. The molecule has 1 amide bonds. The van der Waals surface area contributed by atoms with Crippen LogP contribution in [0.2, 0.25) is 0 Å². The van der Waals surface area contributed by atoms with E-state index < -0.39 is 26.6 Å². The maximum atomic E-state index is 12.8. The molecule has 0 saturated carbocycles. The fraction of sp³-hybridized carbons (Fsp3) is 0.863. The van der Waals surface area contributed by atoms with Gasteiger partial charge >= 0.3 is 0 Å². The van der Waals surface area contributed by atoms with Crippen LogP contribution in [0.15, 0.2) is 36.5 Å². The van der Waals surface area contributed by atoms with Gasteiger partial charge in [0.25, 0.3) is 7.82 Å². The zero-order chi connectivity index (χ0) is 44.3. The molecule has 0 aliphatic heterocycles. The minimum atomic E-state index is -4.60. The summed E-state index contributed by atoms with van der Waals surface area (Å²) in [5.74, 6) is -0.223. The van der Waals surface area contributed by atoms with E-state index in [2.05, 4.69) is 43.5 Å². The number of phosphoric ester groups is 1. The number of hydrogen-bond acceptors (Lipinski definition) is 6. The van der Waals surface area contributed by atoms with Crippen molar-refractivity contribution in [3.63, 3.8) is 0 Å². The Bertz CT molecular complexity index is 1070. The summed E-state index contributed by atoms with van der Waals surface area (Å²) in [7, 11) is 1.24. The van der Waals surface area contributed by atoms with E-state index in [-0.39, 0.29) is 12.5 Å². The predicted octanol–water partition coefficient (Wildman–Crippen LogP) is 14.0. The Hall–Kier alpha value is -1.28. The molecule has 3 unspecified atom stereocenters. The number of nitrogens with one attached hydrogen (secondary N) is 1. The number of carbonyl (C=O) groups is 1. The number of likely N-dealkylation sites (N-methyl/N-ethyl adjacent to an activating group) is 1. The monoisotopic (exact) mass is 867 g/mol. The van der Waals surface area contributed by atoms with Gasteiger partial charge in [0.2, 0.25) is 5.91 Å². The summed E-state index contributed by atoms with van der Waals surface area (Å²) in [5, 5.41) is 13.8. The molecule has 0 aliphatic carbocycles. The van der Waals surface area contributed by atoms with Gasteiger partial charge in [-0.3, -0.25) is 9.36 Å². The molecular formula is C51H99N2O6P. The van der Waals surface area contributed by atoms with Gasteiger partial charge in [-0.15, -0.1) is 0 Å². The van der Waals surface area contributed by atoms with E-state index in [0.29, 0.717) is 17.4 Å². The smallest absolute Gasteiger partial charge is 0.268 e. The van der Waals surface area contributed by atoms with Crippen molar-refractivity contribution in [1.29, 1.82) is 0 Å². The number of nitrogens with zero attached hydrogens (tertiary/aromatic N) is 1. The number of allylic oxidation sites excluding steroid dienone is 5. The lowest BCUT2D eigenvalue weighted by Gasteiger charge is -2.29. The number of hydrogen-bond donors (Lipinski definition) is 2. The van der Waals surface area contributed by atoms with Gasteiger partial charge in [0.15, 0.2) is 0 Å². The molecule has 0 rings (SSSR count). The molecular weight excluding hydrogens is 768 g/mol. The lowest BCUT2D eigenvalue weighted by molar-refractivity contribution is -0.870. The van der Waals surface area contributed by atoms with Gasteiger partial charge in [0.1, 0.15) is 13.2 Å². The number of phosphoric acid groups is 1. The summed E-state index contributed by atoms with van der Waals surface area (Å²) >= 11 is 0. The van der Waals surface area contributed by atoms with E-state index in [1.54, 1.807) is 6.08 Å². The molecule has 0 aromatic heterocycles. The second kappa shape index (κ2) is 43.0. The highest BCUT2D eigenvalue weighted by atomic mass is 31.2. The summed E-state index contributed by atoms with van der Waals surface area (Å²) in [4.78, 5) is 25.3. The minimum absolute atomic E-state index is 0.00885. The second-order valence-electron chi connectivity index (χ2n) is 18.5. The third-order valence-electron chi connectivity index (χ3n) is 11.3. The first kappa shape index (κ1) is 58.7. The van der Waals surface area contributed by atoms with Crippen molar-refractivity contribution < 1.29 is 32.9 Å². The molecule has 0 bridgehead atoms. The van der Waals surface area contributed by atoms with Crippen LogP contribution in [0.1, 0.15) is 232 Å². The van der Waals surface area contributed by atoms with E-state index >= 15 is 0 Å². The Balaban J connectivity index is 4.30. The molecule has 0 aromatic carbocycles. The Labute approximate surface area is 372 Å². The van der Waals surface area contributed by atoms with Gasteiger partial charge < -0.3 is 28.8 Å². The van der Waals surface area contributed by atoms with Gasteiger partial charge in [-0.05, 0) is 57.8 Å². The molecule has 0 radical (unpaired) electrons. The Morgan fingerprint density at radius 3 is 1.35 bits per heavy atom. The van der Waals surface area contributed by atoms with Crippen molar-refractivity contribution in [2.24, 2.45) is 0 Å². The highest BCUT2D eigenvalue weighted by Gasteiger charge is 2.23. The first-order valence-electron chi connectivity index (χ1n) is 25.4. The van der Waals surface area contributed by atoms with Gasteiger partial charge in [-0.25, -0.2) is 0 Å². The van der Waals surface area contributed by atoms with Crippen LogP contribution in [-0.2, 0) is 18.4 Å². The number of aliphatic hydroxyl groups excluding tert-OH is 1. The van der Waals surface area contributed by atoms with Crippen LogP contribution in [0.25, 0.3) is 0 Å². The lowest BCUT2D eigenvalue weighted by Crippen LogP contribution is -2.45. The van der Waals surface area contributed by atoms with Crippen molar-refractivity contribution >= 4 is 13.7 Å². The van der Waals surface area contributed by atoms with E-state index in [0.717, 1.165) is 51.4 Å². The minimum Gasteiger partial charge on any atom is -0.756 e. The highest BCUT2D eigenvalue weighted by molar-refractivity contribution is 7.45. The molecule has 2 N–H and O–H groups in total. The van der Waals surface area contributed by atoms with E-state index in [9.17, 15) is 19.4 Å². The van der Waals surface area contributed by atoms with Crippen molar-refractivity contribution in [2.75, 3.05) is 40.9 Å². The number of rotatable bonds is 46. The van der Waals surface area contributed by atoms with E-state index in [1.807, 2.05) is 27.2 Å². The number of carbonyl (C=O) groups excluding carboxylic acids is 1. The lowest BCUT2D eigenvalue weighted by atomic mass is 10.0. The molecule has 0 fully saturated rings. The molecule has 8 nitrogen and oxygen atoms in total. The summed E-state index contributed by atoms with van der Waals surface area (Å²) in [6.07, 6.45) is 53.6. The molecule has 60 heavy (non-hydrogen) atoms. The average molecular weight is 867 g/mol. The molecule has 0 aliphatic rings. The van der Waals surface area contributed by atoms with Gasteiger partial charge in [0.05, 0.1) is 39.9 Å². The summed E-state index contributed by atoms with van der Waals surface area (Å²) < 4.78 is 23.2. The number of unbranched alkanes of at least 4 members (excludes halogenated alkanes) is 29. The molecule has 354 valence electrons. The number of aliphatic hydroxyl groups is 1. The third-order valence-corrected chi connectivity index (χ3v) is 12.3. The van der Waals surface area contributed by atoms with Crippen molar-refractivity contribution in [3.05, 3.63) is 36.5 Å². The van der Waals surface area contributed by atoms with Crippen LogP contribution in [0, 0.1) is 0 Å². The SMILES string of the molecule is CCCCCCCC/C=C\CCCCCC(=O)NC(COP(=O)([O-])OCC[N+](C)(C)C)C(O)/C=C/CC/C=C/CCCCCCCCCCCCCCCCCCCCC. The largest absolute Gasteiger partial charge is 0.756 e. The van der Waals surface area contributed by atoms with Crippen LogP contribution in [0.4, 0.5) is 0 Å². The summed E-state index contributed by atoms with van der Waals surface area (Å²) in [5.41, 5.74) is 0. The fourth-order valence-corrected chi connectivity index (χ4v) is 8.00. The maximum Gasteiger partial charge on any atom is 0.268 e. The first-order chi connectivity index (χ1) is 29.0. The zero-order valence-corrected chi connectivity index (χ0v) is 41.1. The maximum absolute atomic E-state index is 12.8. The second-order valence-corrected chi connectivity index (χ2v) is 19.9. The van der Waals surface area contributed by atoms with E-state index in [1.165, 1.54) is 161 Å². The zero-order valence-electron chi connectivity index (χ0n) is 40.2. The standard InChI is InChI=1S/C51H99N2O6P/c1-6-8-10-12-14-16-18-20-21-22-23-24-25-26-27-28-29-30-31-33-34-36-38-40-42-44-50(54)49(48-59-60(56,57)58-47-46-53(3,4)5)52-51(55)45-43-41-39-37-35-32-19-17-15-13-11-9-7-2/h32,34-36,42,44,49-50,54H,6-31,33,37-41,43,45-48H2,1-5H3,(H-,52,55,56,57)/b35-32-,36-34+,44-42+. The molecule has 0 saturated heterocycles. The van der Waals surface area contributed by atoms with Crippen molar-refractivity contribution in [2.45, 2.75) is 244 Å². The van der Waals surface area contributed by atoms with Gasteiger partial charge in [0, 0.05) is 6.42 Å². The Morgan fingerprint density at radius 2 is 0.933 bits per heavy atom. The van der Waals surface area contributed by atoms with E-state index in [4.69, 9.17) is 9.05 Å². The number of amides is 1. The van der Waals surface area contributed by atoms with Crippen LogP contribution in [0.5, 0.6) is 0 Å². The van der Waals surface area contributed by atoms with Crippen LogP contribution < -0.4 is 10.2 Å². The molecule has 0 spiro atoms. The topological polar surface area (TPSA) is 108 Å². The predicted molar refractivity (Wildman–Crippen MR) is 256 cm³/mol. The quantitative estimate of drug-likeness (QED) is 0.0273. The van der Waals surface area contributed by atoms with Crippen LogP contribution in [0.3, 0.4) is 0 Å². The summed E-state index contributed by atoms with van der Waals surface area (Å²) in [6, 6.07) is -0.909. The Kier molecular flexibility index (Phi) is 42.1. The summed E-state index contributed by atoms with van der Waals surface area (Å²) in [6.45, 7) is 4.62. The molecule has 0 heterocycles. The highest BCUT2D eigenvalue weighted by Crippen LogP contribution is 2.38. The molecule has 0 aromatic rings. The normalized spacial score (nSPS) is 14.4. The molecule has 9 heteroatoms. The third kappa shape index (κ3) is 44.8. The van der Waals surface area contributed by atoms with Gasteiger partial charge in [-0.2, -0.15) is 0 Å². The van der Waals surface area contributed by atoms with Gasteiger partial charge in [-0.1, -0.05) is 204 Å². The van der Waals surface area contributed by atoms with Crippen molar-refractivity contribution in [1.82, 2.24) is 5.32 Å². The van der Waals surface area contributed by atoms with Crippen LogP contribution in [-0.4, -0.2) is 68.5 Å².